The molecule has 3 aromatic heterocycles. The fraction of sp³-hybridized carbons (Fsp3) is 0.241. The van der Waals surface area contributed by atoms with Crippen molar-refractivity contribution in [3.05, 3.63) is 249 Å². The van der Waals surface area contributed by atoms with Crippen LogP contribution < -0.4 is 46.7 Å². The molecule has 0 bridgehead atoms. The van der Waals surface area contributed by atoms with Crippen LogP contribution in [-0.4, -0.2) is 129 Å². The van der Waals surface area contributed by atoms with Gasteiger partial charge in [-0.2, -0.15) is 0 Å². The molecular formula is C79H77F2N9O15S3. The van der Waals surface area contributed by atoms with Crippen molar-refractivity contribution in [2.45, 2.75) is 65.4 Å². The minimum absolute atomic E-state index is 0.144. The van der Waals surface area contributed by atoms with Gasteiger partial charge in [0.15, 0.2) is 17.2 Å². The molecule has 0 radical (unpaired) electrons. The molecule has 0 fully saturated rings. The van der Waals surface area contributed by atoms with Gasteiger partial charge in [0.05, 0.1) is 85.9 Å². The summed E-state index contributed by atoms with van der Waals surface area (Å²) in [4.78, 5) is 57.4. The lowest BCUT2D eigenvalue weighted by molar-refractivity contribution is 0.0705. The predicted molar refractivity (Wildman–Crippen MR) is 407 cm³/mol. The van der Waals surface area contributed by atoms with Crippen molar-refractivity contribution in [3.63, 3.8) is 0 Å². The number of amides is 3. The first-order valence-corrected chi connectivity index (χ1v) is 39.4. The van der Waals surface area contributed by atoms with E-state index in [9.17, 15) is 48.4 Å². The number of nitrogens with one attached hydrogen (secondary N) is 1. The van der Waals surface area contributed by atoms with Gasteiger partial charge >= 0.3 is 0 Å². The molecular weight excluding hydrogens is 1450 g/mol. The molecule has 11 aromatic rings. The summed E-state index contributed by atoms with van der Waals surface area (Å²) in [6.45, 7) is 4.75. The van der Waals surface area contributed by atoms with Crippen LogP contribution in [0.1, 0.15) is 102 Å². The van der Waals surface area contributed by atoms with Crippen LogP contribution in [0.4, 0.5) is 25.8 Å². The number of fused-ring (bicyclic) bond motifs is 6. The van der Waals surface area contributed by atoms with Crippen molar-refractivity contribution in [2.24, 2.45) is 0 Å². The summed E-state index contributed by atoms with van der Waals surface area (Å²) >= 11 is 0. The highest BCUT2D eigenvalue weighted by Gasteiger charge is 2.42. The van der Waals surface area contributed by atoms with E-state index in [1.165, 1.54) is 58.3 Å². The van der Waals surface area contributed by atoms with Crippen molar-refractivity contribution in [1.29, 1.82) is 0 Å². The van der Waals surface area contributed by atoms with Crippen molar-refractivity contribution >= 4 is 97.6 Å². The second-order valence-corrected chi connectivity index (χ2v) is 31.9. The molecule has 2 atom stereocenters. The van der Waals surface area contributed by atoms with E-state index in [4.69, 9.17) is 28.4 Å². The second kappa shape index (κ2) is 31.0. The third kappa shape index (κ3) is 15.3. The van der Waals surface area contributed by atoms with Crippen LogP contribution in [0.2, 0.25) is 0 Å². The number of ether oxygens (including phenoxy) is 6. The fourth-order valence-corrected chi connectivity index (χ4v) is 14.9. The Hall–Kier alpha value is -11.7. The third-order valence-electron chi connectivity index (χ3n) is 19.2. The van der Waals surface area contributed by atoms with E-state index in [1.807, 2.05) is 86.6 Å². The topological polar surface area (TPSA) is 276 Å². The zero-order valence-corrected chi connectivity index (χ0v) is 63.3. The van der Waals surface area contributed by atoms with E-state index in [2.05, 4.69) is 20.3 Å². The number of pyridine rings is 3. The molecule has 14 rings (SSSR count). The second-order valence-electron chi connectivity index (χ2n) is 25.9. The highest BCUT2D eigenvalue weighted by molar-refractivity contribution is 7.92. The lowest BCUT2D eigenvalue weighted by atomic mass is 10.0. The molecule has 3 amide bonds. The minimum Gasteiger partial charge on any atom is -0.497 e. The van der Waals surface area contributed by atoms with Crippen molar-refractivity contribution in [1.82, 2.24) is 30.1 Å². The van der Waals surface area contributed by atoms with E-state index in [0.29, 0.717) is 101 Å². The molecule has 29 heteroatoms. The predicted octanol–water partition coefficient (Wildman–Crippen LogP) is 12.6. The van der Waals surface area contributed by atoms with Gasteiger partial charge in [-0.3, -0.25) is 42.3 Å². The quantitative estimate of drug-likeness (QED) is 0.0660. The third-order valence-corrected chi connectivity index (χ3v) is 22.8. The number of aromatic nitrogens is 3. The molecule has 2 unspecified atom stereocenters. The fourth-order valence-electron chi connectivity index (χ4n) is 13.2. The summed E-state index contributed by atoms with van der Waals surface area (Å²) in [5.41, 5.74) is 9.03. The van der Waals surface area contributed by atoms with Gasteiger partial charge in [-0.05, 0) is 139 Å². The SMILES string of the molecule is COc1ccc(COc2c3c(c(N(C)S(C)(=O)=O)c4cccnc24)CN(C(C)c2ccc(F)cc2)C3=O)cc1.COc1ccc(COc2c3c(c(N(C)S(C)(=O)=O)c4cccnc24)CN(C(C)c2ccc(F)cc2)C3=O)cc1.COc1ccc(COc2c3c(c(N(C)S(C)(=O)=O)c4cccnc24)CNC3=O)cc1. The van der Waals surface area contributed by atoms with Gasteiger partial charge in [0.2, 0.25) is 30.1 Å². The summed E-state index contributed by atoms with van der Waals surface area (Å²) < 4.78 is 140. The van der Waals surface area contributed by atoms with E-state index < -0.39 is 42.2 Å². The number of hydrogen-bond donors (Lipinski definition) is 1. The number of nitrogens with zero attached hydrogens (tertiary/aromatic N) is 8. The first-order chi connectivity index (χ1) is 51.5. The van der Waals surface area contributed by atoms with Crippen molar-refractivity contribution in [3.8, 4) is 34.5 Å². The summed E-state index contributed by atoms with van der Waals surface area (Å²) in [5, 5.41) is 4.49. The van der Waals surface area contributed by atoms with Gasteiger partial charge in [-0.15, -0.1) is 0 Å². The Labute approximate surface area is 624 Å². The van der Waals surface area contributed by atoms with E-state index in [-0.39, 0.29) is 79.9 Å². The van der Waals surface area contributed by atoms with Gasteiger partial charge in [0.25, 0.3) is 17.7 Å². The van der Waals surface area contributed by atoms with Gasteiger partial charge < -0.3 is 43.5 Å². The van der Waals surface area contributed by atoms with Crippen LogP contribution in [0.15, 0.2) is 176 Å². The summed E-state index contributed by atoms with van der Waals surface area (Å²) in [6, 6.07) is 43.8. The molecule has 108 heavy (non-hydrogen) atoms. The zero-order valence-electron chi connectivity index (χ0n) is 60.8. The molecule has 24 nitrogen and oxygen atoms in total. The van der Waals surface area contributed by atoms with Gasteiger partial charge in [0, 0.05) is 92.2 Å². The van der Waals surface area contributed by atoms with E-state index >= 15 is 0 Å². The molecule has 6 heterocycles. The summed E-state index contributed by atoms with van der Waals surface area (Å²) in [5.74, 6) is 1.39. The number of sulfonamides is 3. The highest BCUT2D eigenvalue weighted by Crippen LogP contribution is 2.50. The molecule has 0 saturated heterocycles. The first kappa shape index (κ1) is 76.0. The Morgan fingerprint density at radius 2 is 0.731 bits per heavy atom. The Morgan fingerprint density at radius 1 is 0.435 bits per heavy atom. The average molecular weight is 1530 g/mol. The lowest BCUT2D eigenvalue weighted by Gasteiger charge is -2.25. The zero-order chi connectivity index (χ0) is 77.3. The maximum absolute atomic E-state index is 14.0. The van der Waals surface area contributed by atoms with E-state index in [1.54, 1.807) is 110 Å². The van der Waals surface area contributed by atoms with Crippen LogP contribution in [-0.2, 0) is 69.5 Å². The largest absolute Gasteiger partial charge is 0.497 e. The normalized spacial score (nSPS) is 13.7. The van der Waals surface area contributed by atoms with Crippen LogP contribution in [0.3, 0.4) is 0 Å². The number of anilines is 3. The van der Waals surface area contributed by atoms with Gasteiger partial charge in [-0.25, -0.2) is 34.0 Å². The standard InChI is InChI=1S/2C29H28FN3O5S.C21H21N3O5S/c2*1-18(20-9-11-21(30)12-10-20)33-16-24-25(29(33)34)28(38-17-19-7-13-22(37-3)14-8-19)26-23(6-5-15-31-26)27(24)32(2)39(4,35)36;1-24(30(3,26)27)19-15-5-4-10-22-18(15)20(17-16(19)11-23-21(17)25)29-12-13-6-8-14(28-2)9-7-13/h2*5-15,18H,16-17H2,1-4H3;4-10H,11-12H2,1-3H3,(H,23,25). The Morgan fingerprint density at radius 3 is 1.03 bits per heavy atom. The molecule has 560 valence electrons. The smallest absolute Gasteiger partial charge is 0.258 e. The lowest BCUT2D eigenvalue weighted by Crippen LogP contribution is -2.28. The number of hydrogen-bond acceptors (Lipinski definition) is 18. The molecule has 0 saturated carbocycles. The van der Waals surface area contributed by atoms with Crippen LogP contribution in [0, 0.1) is 11.6 Å². The number of carbonyl (C=O) groups excluding carboxylic acids is 3. The van der Waals surface area contributed by atoms with Gasteiger partial charge in [-0.1, -0.05) is 60.7 Å². The maximum atomic E-state index is 14.0. The number of halogens is 2. The summed E-state index contributed by atoms with van der Waals surface area (Å²) in [6.07, 6.45) is 8.11. The molecule has 3 aliphatic heterocycles. The number of rotatable bonds is 22. The maximum Gasteiger partial charge on any atom is 0.258 e. The monoisotopic (exact) mass is 1530 g/mol. The van der Waals surface area contributed by atoms with Crippen LogP contribution >= 0.6 is 0 Å². The number of benzene rings is 8. The molecule has 8 aromatic carbocycles. The molecule has 3 aliphatic rings. The molecule has 1 N–H and O–H groups in total. The minimum atomic E-state index is -3.67. The highest BCUT2D eigenvalue weighted by atomic mass is 32.2. The van der Waals surface area contributed by atoms with E-state index in [0.717, 1.165) is 52.3 Å². The van der Waals surface area contributed by atoms with Crippen molar-refractivity contribution in [2.75, 3.05) is 74.2 Å². The van der Waals surface area contributed by atoms with Crippen LogP contribution in [0.25, 0.3) is 32.7 Å². The van der Waals surface area contributed by atoms with Crippen LogP contribution in [0.5, 0.6) is 34.5 Å². The summed E-state index contributed by atoms with van der Waals surface area (Å²) in [7, 11) is -1.72. The number of carbonyl (C=O) groups is 3. The molecule has 0 aliphatic carbocycles. The average Bonchev–Trinajstić information content (AvgIpc) is 1.43. The number of methoxy groups -OCH3 is 3. The van der Waals surface area contributed by atoms with Gasteiger partial charge in [0.1, 0.15) is 65.3 Å². The van der Waals surface area contributed by atoms with Crippen molar-refractivity contribution < 1.29 is 76.8 Å². The first-order valence-electron chi connectivity index (χ1n) is 33.8. The Balaban J connectivity index is 0.000000153. The Bertz CT molecular complexity index is 5410. The molecule has 0 spiro atoms. The Kier molecular flexibility index (Phi) is 21.8.